The summed E-state index contributed by atoms with van der Waals surface area (Å²) in [4.78, 5) is 10.7. The lowest BCUT2D eigenvalue weighted by Gasteiger charge is -2.22. The molecule has 21 heavy (non-hydrogen) atoms. The average molecular weight is 334 g/mol. The number of carboxylic acid groups (broad SMARTS) is 1. The zero-order valence-electron chi connectivity index (χ0n) is 11.7. The highest BCUT2D eigenvalue weighted by Crippen LogP contribution is 2.19. The minimum absolute atomic E-state index is 0.153. The van der Waals surface area contributed by atoms with Crippen molar-refractivity contribution in [3.8, 4) is 0 Å². The van der Waals surface area contributed by atoms with Crippen LogP contribution in [0.25, 0.3) is 0 Å². The van der Waals surface area contributed by atoms with Gasteiger partial charge in [0.05, 0.1) is 16.1 Å². The number of carboxylic acids is 1. The van der Waals surface area contributed by atoms with Gasteiger partial charge < -0.3 is 15.9 Å². The lowest BCUT2D eigenvalue weighted by molar-refractivity contribution is 0.0692. The van der Waals surface area contributed by atoms with Crippen molar-refractivity contribution in [2.24, 2.45) is 0 Å². The van der Waals surface area contributed by atoms with Gasteiger partial charge in [0, 0.05) is 18.0 Å². The number of rotatable bonds is 7. The van der Waals surface area contributed by atoms with E-state index in [0.29, 0.717) is 5.75 Å². The van der Waals surface area contributed by atoms with Crippen LogP contribution in [0.2, 0.25) is 0 Å². The molecule has 0 fully saturated rings. The number of hydrogen-bond donors (Lipinski definition) is 4. The molecule has 1 rings (SSSR count). The van der Waals surface area contributed by atoms with Crippen molar-refractivity contribution in [1.29, 1.82) is 0 Å². The summed E-state index contributed by atoms with van der Waals surface area (Å²) in [6.45, 7) is 1.27. The zero-order valence-corrected chi connectivity index (χ0v) is 13.3. The molecular formula is C12H18N2O5S2. The first-order chi connectivity index (χ1) is 9.59. The van der Waals surface area contributed by atoms with Gasteiger partial charge in [-0.25, -0.2) is 17.9 Å². The second-order valence-corrected chi connectivity index (χ2v) is 7.42. The van der Waals surface area contributed by atoms with Crippen LogP contribution in [-0.2, 0) is 10.0 Å². The monoisotopic (exact) mass is 334 g/mol. The van der Waals surface area contributed by atoms with Gasteiger partial charge in [-0.1, -0.05) is 0 Å². The van der Waals surface area contributed by atoms with Crippen molar-refractivity contribution in [3.05, 3.63) is 23.8 Å². The molecule has 1 unspecified atom stereocenters. The summed E-state index contributed by atoms with van der Waals surface area (Å²) in [5.74, 6) is -1.05. The molecular weight excluding hydrogens is 316 g/mol. The van der Waals surface area contributed by atoms with E-state index in [0.717, 1.165) is 12.1 Å². The molecule has 1 aromatic carbocycles. The Balaban J connectivity index is 3.07. The second kappa shape index (κ2) is 6.65. The third-order valence-electron chi connectivity index (χ3n) is 2.62. The minimum atomic E-state index is -4.06. The predicted molar refractivity (Wildman–Crippen MR) is 82.0 cm³/mol. The SMILES string of the molecule is CSCC(C)(O)CNS(=O)(=O)c1ccc(N)cc1C(=O)O. The Bertz CT molecular complexity index is 629. The van der Waals surface area contributed by atoms with Crippen molar-refractivity contribution >= 4 is 33.4 Å². The standard InChI is InChI=1S/C12H18N2O5S2/c1-12(17,7-20-2)6-14-21(18,19)10-4-3-8(13)5-9(10)11(15)16/h3-5,14,17H,6-7,13H2,1-2H3,(H,15,16). The molecule has 0 aromatic heterocycles. The number of anilines is 1. The third kappa shape index (κ3) is 4.88. The molecule has 0 saturated heterocycles. The third-order valence-corrected chi connectivity index (χ3v) is 4.99. The molecule has 118 valence electrons. The van der Waals surface area contributed by atoms with E-state index in [9.17, 15) is 18.3 Å². The smallest absolute Gasteiger partial charge is 0.337 e. The summed E-state index contributed by atoms with van der Waals surface area (Å²) in [5.41, 5.74) is 3.98. The molecule has 0 heterocycles. The van der Waals surface area contributed by atoms with E-state index < -0.39 is 27.2 Å². The Morgan fingerprint density at radius 2 is 2.10 bits per heavy atom. The fourth-order valence-electron chi connectivity index (χ4n) is 1.64. The topological polar surface area (TPSA) is 130 Å². The van der Waals surface area contributed by atoms with Gasteiger partial charge in [-0.2, -0.15) is 11.8 Å². The number of nitrogen functional groups attached to an aromatic ring is 1. The molecule has 0 saturated carbocycles. The highest BCUT2D eigenvalue weighted by molar-refractivity contribution is 7.98. The van der Waals surface area contributed by atoms with Crippen molar-refractivity contribution < 1.29 is 23.4 Å². The van der Waals surface area contributed by atoms with E-state index in [2.05, 4.69) is 4.72 Å². The van der Waals surface area contributed by atoms with Gasteiger partial charge in [0.1, 0.15) is 0 Å². The highest BCUT2D eigenvalue weighted by Gasteiger charge is 2.26. The van der Waals surface area contributed by atoms with Crippen molar-refractivity contribution in [2.75, 3.05) is 24.3 Å². The number of benzene rings is 1. The second-order valence-electron chi connectivity index (χ2n) is 4.82. The van der Waals surface area contributed by atoms with Gasteiger partial charge in [-0.3, -0.25) is 0 Å². The number of nitrogens with two attached hydrogens (primary N) is 1. The maximum atomic E-state index is 12.2. The van der Waals surface area contributed by atoms with Crippen LogP contribution < -0.4 is 10.5 Å². The molecule has 0 bridgehead atoms. The first-order valence-electron chi connectivity index (χ1n) is 5.93. The van der Waals surface area contributed by atoms with E-state index in [1.807, 2.05) is 0 Å². The van der Waals surface area contributed by atoms with Crippen LogP contribution in [0.4, 0.5) is 5.69 Å². The van der Waals surface area contributed by atoms with Gasteiger partial charge in [-0.05, 0) is 31.4 Å². The summed E-state index contributed by atoms with van der Waals surface area (Å²) < 4.78 is 26.6. The number of thioether (sulfide) groups is 1. The summed E-state index contributed by atoms with van der Waals surface area (Å²) in [7, 11) is -4.06. The molecule has 9 heteroatoms. The first-order valence-corrected chi connectivity index (χ1v) is 8.80. The molecule has 0 spiro atoms. The van der Waals surface area contributed by atoms with Crippen LogP contribution in [0.1, 0.15) is 17.3 Å². The van der Waals surface area contributed by atoms with Gasteiger partial charge >= 0.3 is 5.97 Å². The summed E-state index contributed by atoms with van der Waals surface area (Å²) >= 11 is 1.37. The molecule has 5 N–H and O–H groups in total. The molecule has 0 aliphatic carbocycles. The molecule has 0 aliphatic rings. The van der Waals surface area contributed by atoms with E-state index in [-0.39, 0.29) is 17.1 Å². The van der Waals surface area contributed by atoms with Crippen LogP contribution in [0, 0.1) is 0 Å². The largest absolute Gasteiger partial charge is 0.478 e. The van der Waals surface area contributed by atoms with E-state index >= 15 is 0 Å². The van der Waals surface area contributed by atoms with Crippen LogP contribution in [0.5, 0.6) is 0 Å². The first kappa shape index (κ1) is 17.8. The van der Waals surface area contributed by atoms with Crippen LogP contribution >= 0.6 is 11.8 Å². The number of carbonyl (C=O) groups is 1. The Labute approximate surface area is 127 Å². The molecule has 0 amide bonds. The van der Waals surface area contributed by atoms with Crippen molar-refractivity contribution in [2.45, 2.75) is 17.4 Å². The maximum absolute atomic E-state index is 12.2. The van der Waals surface area contributed by atoms with Crippen molar-refractivity contribution in [3.63, 3.8) is 0 Å². The van der Waals surface area contributed by atoms with Gasteiger partial charge in [-0.15, -0.1) is 0 Å². The number of nitrogens with one attached hydrogen (secondary N) is 1. The van der Waals surface area contributed by atoms with E-state index in [1.54, 1.807) is 6.26 Å². The minimum Gasteiger partial charge on any atom is -0.478 e. The summed E-state index contributed by atoms with van der Waals surface area (Å²) in [6.07, 6.45) is 1.78. The Morgan fingerprint density at radius 3 is 2.62 bits per heavy atom. The van der Waals surface area contributed by atoms with E-state index in [4.69, 9.17) is 10.8 Å². The quantitative estimate of drug-likeness (QED) is 0.530. The van der Waals surface area contributed by atoms with Crippen LogP contribution in [0.3, 0.4) is 0 Å². The lowest BCUT2D eigenvalue weighted by atomic mass is 10.1. The summed E-state index contributed by atoms with van der Waals surface area (Å²) in [6, 6.07) is 3.52. The average Bonchev–Trinajstić information content (AvgIpc) is 2.36. The molecule has 0 aliphatic heterocycles. The molecule has 7 nitrogen and oxygen atoms in total. The number of aromatic carboxylic acids is 1. The number of aliphatic hydroxyl groups is 1. The molecule has 0 radical (unpaired) electrons. The predicted octanol–water partition coefficient (Wildman–Crippen LogP) is 0.359. The Hall–Kier alpha value is -1.29. The van der Waals surface area contributed by atoms with Crippen molar-refractivity contribution in [1.82, 2.24) is 4.72 Å². The Kier molecular flexibility index (Phi) is 5.62. The lowest BCUT2D eigenvalue weighted by Crippen LogP contribution is -2.42. The van der Waals surface area contributed by atoms with Gasteiger partial charge in [0.25, 0.3) is 0 Å². The van der Waals surface area contributed by atoms with Gasteiger partial charge in [0.15, 0.2) is 0 Å². The van der Waals surface area contributed by atoms with Crippen LogP contribution in [0.15, 0.2) is 23.1 Å². The zero-order chi connectivity index (χ0) is 16.3. The molecule has 1 aromatic rings. The summed E-state index contributed by atoms with van der Waals surface area (Å²) in [5, 5.41) is 19.0. The fourth-order valence-corrected chi connectivity index (χ4v) is 3.70. The van der Waals surface area contributed by atoms with Gasteiger partial charge in [0.2, 0.25) is 10.0 Å². The molecule has 1 atom stereocenters. The fraction of sp³-hybridized carbons (Fsp3) is 0.417. The van der Waals surface area contributed by atoms with E-state index in [1.165, 1.54) is 24.8 Å². The maximum Gasteiger partial charge on any atom is 0.337 e. The number of hydrogen-bond acceptors (Lipinski definition) is 6. The van der Waals surface area contributed by atoms with Crippen LogP contribution in [-0.4, -0.2) is 48.8 Å². The highest BCUT2D eigenvalue weighted by atomic mass is 32.2. The Morgan fingerprint density at radius 1 is 1.48 bits per heavy atom. The normalized spacial score (nSPS) is 14.6. The number of sulfonamides is 1.